The van der Waals surface area contributed by atoms with Crippen LogP contribution < -0.4 is 0 Å². The number of nitrogens with zero attached hydrogens (tertiary/aromatic N) is 1. The van der Waals surface area contributed by atoms with E-state index in [4.69, 9.17) is 9.47 Å². The Labute approximate surface area is 111 Å². The second kappa shape index (κ2) is 7.27. The summed E-state index contributed by atoms with van der Waals surface area (Å²) in [5.74, 6) is 0. The van der Waals surface area contributed by atoms with Crippen molar-refractivity contribution in [1.82, 2.24) is 4.90 Å². The van der Waals surface area contributed by atoms with E-state index in [9.17, 15) is 0 Å². The fourth-order valence-corrected chi connectivity index (χ4v) is 2.80. The molecule has 0 amide bonds. The highest BCUT2D eigenvalue weighted by Gasteiger charge is 2.21. The lowest BCUT2D eigenvalue weighted by Gasteiger charge is -2.33. The van der Waals surface area contributed by atoms with Gasteiger partial charge in [-0.1, -0.05) is 12.2 Å². The molecule has 2 rings (SSSR count). The Hall–Kier alpha value is -0.380. The molecular weight excluding hydrogens is 226 g/mol. The van der Waals surface area contributed by atoms with Gasteiger partial charge in [0.25, 0.3) is 0 Å². The van der Waals surface area contributed by atoms with E-state index in [-0.39, 0.29) is 0 Å². The number of piperidine rings is 1. The molecule has 3 heteroatoms. The average molecular weight is 253 g/mol. The molecule has 2 aliphatic heterocycles. The van der Waals surface area contributed by atoms with E-state index >= 15 is 0 Å². The van der Waals surface area contributed by atoms with Crippen LogP contribution in [0.4, 0.5) is 0 Å². The first-order valence-electron chi connectivity index (χ1n) is 7.34. The fourth-order valence-electron chi connectivity index (χ4n) is 2.80. The Balaban J connectivity index is 1.59. The van der Waals surface area contributed by atoms with Gasteiger partial charge >= 0.3 is 0 Å². The molecule has 0 saturated carbocycles. The fraction of sp³-hybridized carbons (Fsp3) is 0.867. The lowest BCUT2D eigenvalue weighted by Crippen LogP contribution is -2.39. The van der Waals surface area contributed by atoms with Crippen molar-refractivity contribution in [1.29, 1.82) is 0 Å². The van der Waals surface area contributed by atoms with E-state index in [1.165, 1.54) is 24.8 Å². The topological polar surface area (TPSA) is 21.7 Å². The monoisotopic (exact) mass is 253 g/mol. The molecular formula is C15H27NO2. The third-order valence-corrected chi connectivity index (χ3v) is 3.82. The Morgan fingerprint density at radius 1 is 1.28 bits per heavy atom. The van der Waals surface area contributed by atoms with Crippen molar-refractivity contribution in [3.05, 3.63) is 12.2 Å². The Morgan fingerprint density at radius 2 is 2.06 bits per heavy atom. The van der Waals surface area contributed by atoms with Crippen LogP contribution in [-0.4, -0.2) is 50.0 Å². The van der Waals surface area contributed by atoms with Gasteiger partial charge < -0.3 is 9.47 Å². The predicted octanol–water partition coefficient (Wildman–Crippen LogP) is 2.61. The number of likely N-dealkylation sites (tertiary alicyclic amines) is 1. The lowest BCUT2D eigenvalue weighted by molar-refractivity contribution is -0.0744. The molecule has 2 heterocycles. The molecule has 1 atom stereocenters. The van der Waals surface area contributed by atoms with Gasteiger partial charge in [0, 0.05) is 26.2 Å². The molecule has 0 aromatic carbocycles. The van der Waals surface area contributed by atoms with Crippen molar-refractivity contribution in [3.63, 3.8) is 0 Å². The van der Waals surface area contributed by atoms with Crippen LogP contribution in [0.25, 0.3) is 0 Å². The van der Waals surface area contributed by atoms with E-state index in [0.29, 0.717) is 12.2 Å². The van der Waals surface area contributed by atoms with Gasteiger partial charge in [0.2, 0.25) is 0 Å². The van der Waals surface area contributed by atoms with Gasteiger partial charge in [-0.25, -0.2) is 0 Å². The minimum absolute atomic E-state index is 0.354. The van der Waals surface area contributed by atoms with Crippen LogP contribution in [0.3, 0.4) is 0 Å². The van der Waals surface area contributed by atoms with Crippen LogP contribution in [0.1, 0.15) is 39.0 Å². The standard InChI is InChI=1S/C15H27NO2/c1-13(2)11-16-8-6-14(7-9-16)18-12-15-5-3-4-10-17-15/h14-15H,1,3-12H2,2H3. The highest BCUT2D eigenvalue weighted by atomic mass is 16.5. The highest BCUT2D eigenvalue weighted by molar-refractivity contribution is 4.92. The maximum absolute atomic E-state index is 6.00. The van der Waals surface area contributed by atoms with E-state index < -0.39 is 0 Å². The lowest BCUT2D eigenvalue weighted by atomic mass is 10.1. The van der Waals surface area contributed by atoms with E-state index in [1.54, 1.807) is 0 Å². The van der Waals surface area contributed by atoms with E-state index in [2.05, 4.69) is 18.4 Å². The molecule has 0 aromatic rings. The molecule has 0 aliphatic carbocycles. The predicted molar refractivity (Wildman–Crippen MR) is 73.8 cm³/mol. The summed E-state index contributed by atoms with van der Waals surface area (Å²) < 4.78 is 11.7. The van der Waals surface area contributed by atoms with E-state index in [0.717, 1.165) is 45.7 Å². The summed E-state index contributed by atoms with van der Waals surface area (Å²) in [7, 11) is 0. The number of hydrogen-bond acceptors (Lipinski definition) is 3. The molecule has 0 N–H and O–H groups in total. The van der Waals surface area contributed by atoms with Gasteiger partial charge in [-0.2, -0.15) is 0 Å². The summed E-state index contributed by atoms with van der Waals surface area (Å²) in [4.78, 5) is 2.47. The van der Waals surface area contributed by atoms with Crippen molar-refractivity contribution in [2.45, 2.75) is 51.2 Å². The van der Waals surface area contributed by atoms with Crippen LogP contribution in [0.2, 0.25) is 0 Å². The van der Waals surface area contributed by atoms with Crippen LogP contribution >= 0.6 is 0 Å². The smallest absolute Gasteiger partial charge is 0.0808 e. The highest BCUT2D eigenvalue weighted by Crippen LogP contribution is 2.18. The molecule has 2 saturated heterocycles. The second-order valence-electron chi connectivity index (χ2n) is 5.75. The van der Waals surface area contributed by atoms with Crippen molar-refractivity contribution in [2.75, 3.05) is 32.8 Å². The molecule has 3 nitrogen and oxygen atoms in total. The van der Waals surface area contributed by atoms with Crippen LogP contribution in [-0.2, 0) is 9.47 Å². The molecule has 2 aliphatic rings. The maximum Gasteiger partial charge on any atom is 0.0808 e. The minimum atomic E-state index is 0.354. The largest absolute Gasteiger partial charge is 0.376 e. The average Bonchev–Trinajstić information content (AvgIpc) is 2.38. The minimum Gasteiger partial charge on any atom is -0.376 e. The van der Waals surface area contributed by atoms with Crippen molar-refractivity contribution >= 4 is 0 Å². The summed E-state index contributed by atoms with van der Waals surface area (Å²) in [5, 5.41) is 0. The van der Waals surface area contributed by atoms with Gasteiger partial charge in [-0.3, -0.25) is 4.90 Å². The summed E-state index contributed by atoms with van der Waals surface area (Å²) in [6.07, 6.45) is 6.79. The quantitative estimate of drug-likeness (QED) is 0.703. The molecule has 0 radical (unpaired) electrons. The third-order valence-electron chi connectivity index (χ3n) is 3.82. The number of rotatable bonds is 5. The summed E-state index contributed by atoms with van der Waals surface area (Å²) in [6.45, 7) is 11.1. The van der Waals surface area contributed by atoms with Crippen molar-refractivity contribution in [2.24, 2.45) is 0 Å². The zero-order valence-electron chi connectivity index (χ0n) is 11.7. The third kappa shape index (κ3) is 4.71. The second-order valence-corrected chi connectivity index (χ2v) is 5.75. The summed E-state index contributed by atoms with van der Waals surface area (Å²) in [5.41, 5.74) is 1.25. The normalized spacial score (nSPS) is 27.3. The zero-order chi connectivity index (χ0) is 12.8. The Morgan fingerprint density at radius 3 is 2.67 bits per heavy atom. The van der Waals surface area contributed by atoms with Gasteiger partial charge in [-0.05, 0) is 39.0 Å². The van der Waals surface area contributed by atoms with Gasteiger partial charge in [-0.15, -0.1) is 0 Å². The molecule has 18 heavy (non-hydrogen) atoms. The molecule has 104 valence electrons. The number of ether oxygens (including phenoxy) is 2. The zero-order valence-corrected chi connectivity index (χ0v) is 11.7. The van der Waals surface area contributed by atoms with Crippen LogP contribution in [0, 0.1) is 0 Å². The van der Waals surface area contributed by atoms with Crippen LogP contribution in [0.15, 0.2) is 12.2 Å². The Bertz CT molecular complexity index is 253. The molecule has 0 spiro atoms. The number of hydrogen-bond donors (Lipinski definition) is 0. The van der Waals surface area contributed by atoms with Crippen LogP contribution in [0.5, 0.6) is 0 Å². The first kappa shape index (κ1) is 14.0. The SMILES string of the molecule is C=C(C)CN1CCC(OCC2CCCCO2)CC1. The van der Waals surface area contributed by atoms with Gasteiger partial charge in [0.15, 0.2) is 0 Å². The first-order valence-corrected chi connectivity index (χ1v) is 7.34. The van der Waals surface area contributed by atoms with Crippen molar-refractivity contribution in [3.8, 4) is 0 Å². The van der Waals surface area contributed by atoms with Gasteiger partial charge in [0.1, 0.15) is 0 Å². The van der Waals surface area contributed by atoms with Crippen molar-refractivity contribution < 1.29 is 9.47 Å². The molecule has 0 aromatic heterocycles. The van der Waals surface area contributed by atoms with Gasteiger partial charge in [0.05, 0.1) is 18.8 Å². The molecule has 2 fully saturated rings. The van der Waals surface area contributed by atoms with E-state index in [1.807, 2.05) is 0 Å². The molecule has 1 unspecified atom stereocenters. The molecule has 0 bridgehead atoms. The Kier molecular flexibility index (Phi) is 5.67. The first-order chi connectivity index (χ1) is 8.74. The summed E-state index contributed by atoms with van der Waals surface area (Å²) >= 11 is 0. The maximum atomic E-state index is 6.00. The summed E-state index contributed by atoms with van der Waals surface area (Å²) in [6, 6.07) is 0.